The van der Waals surface area contributed by atoms with E-state index >= 15 is 0 Å². The molecular formula is C22H26ClFN2O3. The van der Waals surface area contributed by atoms with E-state index in [1.54, 1.807) is 23.1 Å². The van der Waals surface area contributed by atoms with Crippen molar-refractivity contribution >= 4 is 17.7 Å². The van der Waals surface area contributed by atoms with Crippen LogP contribution in [0.1, 0.15) is 50.8 Å². The van der Waals surface area contributed by atoms with Gasteiger partial charge in [-0.25, -0.2) is 14.2 Å². The van der Waals surface area contributed by atoms with Gasteiger partial charge in [0.05, 0.1) is 0 Å². The van der Waals surface area contributed by atoms with E-state index in [-0.39, 0.29) is 18.6 Å². The van der Waals surface area contributed by atoms with Crippen LogP contribution in [0.3, 0.4) is 0 Å². The van der Waals surface area contributed by atoms with Crippen LogP contribution < -0.4 is 4.74 Å². The summed E-state index contributed by atoms with van der Waals surface area (Å²) >= 11 is 5.78. The van der Waals surface area contributed by atoms with Crippen molar-refractivity contribution in [3.8, 4) is 5.88 Å². The number of hydrogen-bond donors (Lipinski definition) is 0. The van der Waals surface area contributed by atoms with E-state index in [2.05, 4.69) is 4.98 Å². The first kappa shape index (κ1) is 21.4. The number of halogens is 2. The maximum atomic E-state index is 13.9. The number of piperidine rings is 1. The number of ether oxygens (including phenoxy) is 2. The van der Waals surface area contributed by atoms with Crippen molar-refractivity contribution in [3.63, 3.8) is 0 Å². The van der Waals surface area contributed by atoms with Gasteiger partial charge in [-0.3, -0.25) is 0 Å². The van der Waals surface area contributed by atoms with Gasteiger partial charge in [-0.2, -0.15) is 0 Å². The number of likely N-dealkylation sites (tertiary alicyclic amines) is 1. The summed E-state index contributed by atoms with van der Waals surface area (Å²) in [5.41, 5.74) is 0.847. The van der Waals surface area contributed by atoms with Crippen molar-refractivity contribution in [2.24, 2.45) is 0 Å². The molecule has 1 saturated heterocycles. The Balaban J connectivity index is 1.57. The lowest BCUT2D eigenvalue weighted by atomic mass is 9.93. The lowest BCUT2D eigenvalue weighted by Crippen LogP contribution is -2.41. The van der Waals surface area contributed by atoms with Gasteiger partial charge in [0.25, 0.3) is 0 Å². The molecule has 2 aromatic rings. The molecule has 1 aromatic heterocycles. The topological polar surface area (TPSA) is 51.7 Å². The van der Waals surface area contributed by atoms with Crippen molar-refractivity contribution in [2.45, 2.75) is 51.7 Å². The fraction of sp³-hybridized carbons (Fsp3) is 0.455. The molecule has 0 aliphatic carbocycles. The summed E-state index contributed by atoms with van der Waals surface area (Å²) in [5.74, 6) is 0.291. The van der Waals surface area contributed by atoms with Crippen LogP contribution in [0.15, 0.2) is 36.4 Å². The summed E-state index contributed by atoms with van der Waals surface area (Å²) in [6, 6.07) is 10.1. The number of carbonyl (C=O) groups excluding carboxylic acids is 1. The van der Waals surface area contributed by atoms with Crippen molar-refractivity contribution in [1.29, 1.82) is 0 Å². The second-order valence-corrected chi connectivity index (χ2v) is 8.60. The van der Waals surface area contributed by atoms with Crippen LogP contribution in [0, 0.1) is 5.82 Å². The number of aromatic nitrogens is 1. The summed E-state index contributed by atoms with van der Waals surface area (Å²) in [7, 11) is 0. The van der Waals surface area contributed by atoms with E-state index in [1.807, 2.05) is 32.9 Å². The first-order valence-electron chi connectivity index (χ1n) is 9.73. The van der Waals surface area contributed by atoms with Gasteiger partial charge in [-0.05, 0) is 51.8 Å². The quantitative estimate of drug-likeness (QED) is 0.649. The molecule has 1 aliphatic heterocycles. The third kappa shape index (κ3) is 6.07. The Morgan fingerprint density at radius 2 is 1.97 bits per heavy atom. The first-order chi connectivity index (χ1) is 13.7. The zero-order chi connectivity index (χ0) is 21.0. The number of hydrogen-bond acceptors (Lipinski definition) is 4. The molecule has 0 saturated carbocycles. The molecule has 2 heterocycles. The van der Waals surface area contributed by atoms with Crippen molar-refractivity contribution in [2.75, 3.05) is 13.1 Å². The zero-order valence-corrected chi connectivity index (χ0v) is 17.7. The van der Waals surface area contributed by atoms with Gasteiger partial charge < -0.3 is 14.4 Å². The highest BCUT2D eigenvalue weighted by Gasteiger charge is 2.28. The van der Waals surface area contributed by atoms with Crippen LogP contribution in [-0.2, 0) is 11.3 Å². The molecule has 1 aliphatic rings. The maximum Gasteiger partial charge on any atom is 0.410 e. The Morgan fingerprint density at radius 3 is 2.62 bits per heavy atom. The fourth-order valence-corrected chi connectivity index (χ4v) is 3.37. The molecule has 1 fully saturated rings. The molecule has 0 atom stereocenters. The Morgan fingerprint density at radius 1 is 1.24 bits per heavy atom. The lowest BCUT2D eigenvalue weighted by molar-refractivity contribution is 0.0204. The molecule has 0 radical (unpaired) electrons. The second kappa shape index (κ2) is 8.99. The van der Waals surface area contributed by atoms with Crippen molar-refractivity contribution < 1.29 is 18.7 Å². The molecule has 0 bridgehead atoms. The molecule has 0 spiro atoms. The standard InChI is InChI=1S/C22H26ClFN2O3/c1-22(2,3)29-21(27)26-11-9-15(10-12-26)19-5-4-6-20(25-19)28-14-16-7-8-17(23)13-18(16)24/h4-8,13,15H,9-12,14H2,1-3H3. The Labute approximate surface area is 175 Å². The third-order valence-corrected chi connectivity index (χ3v) is 4.94. The number of nitrogens with zero attached hydrogens (tertiary/aromatic N) is 2. The molecule has 0 unspecified atom stereocenters. The summed E-state index contributed by atoms with van der Waals surface area (Å²) in [4.78, 5) is 18.5. The molecule has 1 amide bonds. The van der Waals surface area contributed by atoms with Crippen LogP contribution in [0.5, 0.6) is 5.88 Å². The van der Waals surface area contributed by atoms with Crippen molar-refractivity contribution in [1.82, 2.24) is 9.88 Å². The summed E-state index contributed by atoms with van der Waals surface area (Å²) in [6.07, 6.45) is 1.34. The molecule has 7 heteroatoms. The number of benzene rings is 1. The minimum Gasteiger partial charge on any atom is -0.473 e. The summed E-state index contributed by atoms with van der Waals surface area (Å²) in [6.45, 7) is 6.93. The Bertz CT molecular complexity index is 861. The van der Waals surface area contributed by atoms with Crippen molar-refractivity contribution in [3.05, 3.63) is 58.5 Å². The average molecular weight is 421 g/mol. The first-order valence-corrected chi connectivity index (χ1v) is 10.1. The maximum absolute atomic E-state index is 13.9. The predicted molar refractivity (Wildman–Crippen MR) is 110 cm³/mol. The number of pyridine rings is 1. The highest BCUT2D eigenvalue weighted by Crippen LogP contribution is 2.29. The van der Waals surface area contributed by atoms with Gasteiger partial charge >= 0.3 is 6.09 Å². The van der Waals surface area contributed by atoms with Crippen LogP contribution in [-0.4, -0.2) is 34.7 Å². The van der Waals surface area contributed by atoms with Crippen LogP contribution in [0.4, 0.5) is 9.18 Å². The second-order valence-electron chi connectivity index (χ2n) is 8.17. The molecule has 0 N–H and O–H groups in total. The number of amides is 1. The van der Waals surface area contributed by atoms with E-state index in [0.29, 0.717) is 29.6 Å². The molecule has 156 valence electrons. The van der Waals surface area contributed by atoms with Crippen LogP contribution in [0.2, 0.25) is 5.02 Å². The van der Waals surface area contributed by atoms with E-state index < -0.39 is 11.4 Å². The van der Waals surface area contributed by atoms with Gasteiger partial charge in [0.15, 0.2) is 0 Å². The van der Waals surface area contributed by atoms with E-state index in [1.165, 1.54) is 6.07 Å². The average Bonchev–Trinajstić information content (AvgIpc) is 2.66. The predicted octanol–water partition coefficient (Wildman–Crippen LogP) is 5.57. The highest BCUT2D eigenvalue weighted by atomic mass is 35.5. The summed E-state index contributed by atoms with van der Waals surface area (Å²) in [5, 5.41) is 0.351. The van der Waals surface area contributed by atoms with Crippen LogP contribution >= 0.6 is 11.6 Å². The van der Waals surface area contributed by atoms with Gasteiger partial charge in [0, 0.05) is 41.4 Å². The van der Waals surface area contributed by atoms with Crippen LogP contribution in [0.25, 0.3) is 0 Å². The molecule has 5 nitrogen and oxygen atoms in total. The molecular weight excluding hydrogens is 395 g/mol. The zero-order valence-electron chi connectivity index (χ0n) is 17.0. The third-order valence-electron chi connectivity index (χ3n) is 4.70. The molecule has 29 heavy (non-hydrogen) atoms. The highest BCUT2D eigenvalue weighted by molar-refractivity contribution is 6.30. The largest absolute Gasteiger partial charge is 0.473 e. The van der Waals surface area contributed by atoms with E-state index in [9.17, 15) is 9.18 Å². The van der Waals surface area contributed by atoms with Gasteiger partial charge in [-0.15, -0.1) is 0 Å². The van der Waals surface area contributed by atoms with E-state index in [0.717, 1.165) is 18.5 Å². The monoisotopic (exact) mass is 420 g/mol. The fourth-order valence-electron chi connectivity index (χ4n) is 3.21. The minimum atomic E-state index is -0.495. The van der Waals surface area contributed by atoms with Gasteiger partial charge in [0.2, 0.25) is 5.88 Å². The smallest absolute Gasteiger partial charge is 0.410 e. The minimum absolute atomic E-state index is 0.0799. The summed E-state index contributed by atoms with van der Waals surface area (Å²) < 4.78 is 25.0. The molecule has 3 rings (SSSR count). The Kier molecular flexibility index (Phi) is 6.63. The van der Waals surface area contributed by atoms with Gasteiger partial charge in [-0.1, -0.05) is 23.7 Å². The molecule has 1 aromatic carbocycles. The number of rotatable bonds is 4. The normalized spacial score (nSPS) is 15.3. The SMILES string of the molecule is CC(C)(C)OC(=O)N1CCC(c2cccc(OCc3ccc(Cl)cc3F)n2)CC1. The Hall–Kier alpha value is -2.34. The van der Waals surface area contributed by atoms with E-state index in [4.69, 9.17) is 21.1 Å². The number of carbonyl (C=O) groups is 1. The lowest BCUT2D eigenvalue weighted by Gasteiger charge is -2.33. The van der Waals surface area contributed by atoms with Gasteiger partial charge in [0.1, 0.15) is 18.0 Å².